The van der Waals surface area contributed by atoms with Crippen molar-refractivity contribution >= 4 is 32.4 Å². The summed E-state index contributed by atoms with van der Waals surface area (Å²) in [5.41, 5.74) is 4.01. The first-order chi connectivity index (χ1) is 19.3. The first-order valence-corrected chi connectivity index (χ1v) is 15.2. The van der Waals surface area contributed by atoms with Gasteiger partial charge >= 0.3 is 0 Å². The second-order valence-electron chi connectivity index (χ2n) is 9.54. The molecule has 5 rings (SSSR count). The first kappa shape index (κ1) is 27.5. The van der Waals surface area contributed by atoms with Crippen LogP contribution in [0.1, 0.15) is 29.8 Å². The Hall–Kier alpha value is -4.11. The molecule has 0 spiro atoms. The molecule has 0 aliphatic carbocycles. The minimum absolute atomic E-state index is 0.139. The van der Waals surface area contributed by atoms with E-state index in [0.29, 0.717) is 10.7 Å². The molecule has 1 heterocycles. The predicted molar refractivity (Wildman–Crippen MR) is 162 cm³/mol. The van der Waals surface area contributed by atoms with Crippen LogP contribution < -0.4 is 5.32 Å². The molecule has 0 fully saturated rings. The molecule has 8 heteroatoms. The lowest BCUT2D eigenvalue weighted by atomic mass is 10.1. The summed E-state index contributed by atoms with van der Waals surface area (Å²) in [6.45, 7) is 3.97. The summed E-state index contributed by atoms with van der Waals surface area (Å²) in [6.07, 6.45) is 0. The van der Waals surface area contributed by atoms with Crippen molar-refractivity contribution in [1.29, 1.82) is 0 Å². The van der Waals surface area contributed by atoms with Gasteiger partial charge < -0.3 is 0 Å². The lowest BCUT2D eigenvalue weighted by molar-refractivity contribution is 0.102. The van der Waals surface area contributed by atoms with Gasteiger partial charge in [0.05, 0.1) is 15.5 Å². The van der Waals surface area contributed by atoms with E-state index in [1.807, 2.05) is 105 Å². The summed E-state index contributed by atoms with van der Waals surface area (Å²) in [5.74, 6) is -0.359. The number of thiazole rings is 1. The Morgan fingerprint density at radius 3 is 1.93 bits per heavy atom. The molecule has 202 valence electrons. The van der Waals surface area contributed by atoms with Crippen molar-refractivity contribution in [3.63, 3.8) is 0 Å². The number of nitrogens with zero attached hydrogens (tertiary/aromatic N) is 2. The molecular weight excluding hydrogens is 539 g/mol. The maximum atomic E-state index is 13.5. The zero-order valence-electron chi connectivity index (χ0n) is 22.2. The molecule has 0 atom stereocenters. The Morgan fingerprint density at radius 1 is 0.800 bits per heavy atom. The smallest absolute Gasteiger partial charge is 0.257 e. The van der Waals surface area contributed by atoms with E-state index in [2.05, 4.69) is 5.32 Å². The minimum Gasteiger partial charge on any atom is -0.298 e. The minimum atomic E-state index is -3.77. The van der Waals surface area contributed by atoms with E-state index >= 15 is 0 Å². The van der Waals surface area contributed by atoms with E-state index in [1.165, 1.54) is 39.9 Å². The van der Waals surface area contributed by atoms with Crippen molar-refractivity contribution in [1.82, 2.24) is 9.29 Å². The van der Waals surface area contributed by atoms with Gasteiger partial charge in [0.1, 0.15) is 0 Å². The highest BCUT2D eigenvalue weighted by Crippen LogP contribution is 2.39. The Bertz CT molecular complexity index is 1630. The SMILES string of the molecule is CC(C)N(Cc1ccccc1)S(=O)(=O)c1ccc(C(=O)Nc2nc(-c3ccccc3)c(-c3ccccc3)s2)cc1. The number of hydrogen-bond donors (Lipinski definition) is 1. The molecule has 1 amide bonds. The summed E-state index contributed by atoms with van der Waals surface area (Å²) in [7, 11) is -3.77. The molecule has 1 N–H and O–H groups in total. The zero-order valence-corrected chi connectivity index (χ0v) is 23.8. The maximum Gasteiger partial charge on any atom is 0.257 e. The van der Waals surface area contributed by atoms with Gasteiger partial charge in [-0.1, -0.05) is 102 Å². The number of anilines is 1. The number of carbonyl (C=O) groups is 1. The maximum absolute atomic E-state index is 13.5. The van der Waals surface area contributed by atoms with E-state index in [9.17, 15) is 13.2 Å². The third-order valence-corrected chi connectivity index (χ3v) is 9.47. The molecule has 5 aromatic rings. The molecule has 0 unspecified atom stereocenters. The third-order valence-electron chi connectivity index (χ3n) is 6.41. The van der Waals surface area contributed by atoms with Crippen LogP contribution in [0.5, 0.6) is 0 Å². The molecule has 40 heavy (non-hydrogen) atoms. The van der Waals surface area contributed by atoms with Gasteiger partial charge in [-0.25, -0.2) is 13.4 Å². The summed E-state index contributed by atoms with van der Waals surface area (Å²) in [5, 5.41) is 3.36. The van der Waals surface area contributed by atoms with Crippen molar-refractivity contribution in [2.75, 3.05) is 5.32 Å². The monoisotopic (exact) mass is 567 g/mol. The first-order valence-electron chi connectivity index (χ1n) is 12.9. The fraction of sp³-hybridized carbons (Fsp3) is 0.125. The van der Waals surface area contributed by atoms with Crippen LogP contribution in [0.15, 0.2) is 120 Å². The van der Waals surface area contributed by atoms with Crippen LogP contribution in [-0.2, 0) is 16.6 Å². The van der Waals surface area contributed by atoms with E-state index in [1.54, 1.807) is 0 Å². The molecule has 0 aliphatic heterocycles. The standard InChI is InChI=1S/C32H29N3O3S2/c1-23(2)35(22-24-12-6-3-7-13-24)40(37,38)28-20-18-27(19-21-28)31(36)34-32-33-29(25-14-8-4-9-15-25)30(39-32)26-16-10-5-11-17-26/h3-21,23H,22H2,1-2H3,(H,33,34,36). The Morgan fingerprint density at radius 2 is 1.35 bits per heavy atom. The van der Waals surface area contributed by atoms with Crippen LogP contribution in [0.25, 0.3) is 21.7 Å². The predicted octanol–water partition coefficient (Wildman–Crippen LogP) is 7.33. The fourth-order valence-electron chi connectivity index (χ4n) is 4.34. The molecule has 4 aromatic carbocycles. The highest BCUT2D eigenvalue weighted by Gasteiger charge is 2.27. The number of nitrogens with one attached hydrogen (secondary N) is 1. The van der Waals surface area contributed by atoms with Crippen molar-refractivity contribution in [3.8, 4) is 21.7 Å². The van der Waals surface area contributed by atoms with Gasteiger partial charge in [-0.2, -0.15) is 4.31 Å². The highest BCUT2D eigenvalue weighted by molar-refractivity contribution is 7.89. The average Bonchev–Trinajstić information content (AvgIpc) is 3.41. The third kappa shape index (κ3) is 6.04. The summed E-state index contributed by atoms with van der Waals surface area (Å²) in [6, 6.07) is 35.1. The number of carbonyl (C=O) groups excluding carboxylic acids is 1. The van der Waals surface area contributed by atoms with Gasteiger partial charge in [-0.3, -0.25) is 10.1 Å². The van der Waals surface area contributed by atoms with Crippen LogP contribution in [0, 0.1) is 0 Å². The quantitative estimate of drug-likeness (QED) is 0.202. The van der Waals surface area contributed by atoms with Crippen molar-refractivity contribution in [2.24, 2.45) is 0 Å². The normalized spacial score (nSPS) is 11.6. The van der Waals surface area contributed by atoms with Gasteiger partial charge in [0, 0.05) is 23.7 Å². The van der Waals surface area contributed by atoms with Gasteiger partial charge in [0.25, 0.3) is 5.91 Å². The van der Waals surface area contributed by atoms with Crippen molar-refractivity contribution in [3.05, 3.63) is 126 Å². The van der Waals surface area contributed by atoms with E-state index in [0.717, 1.165) is 27.3 Å². The molecule has 6 nitrogen and oxygen atoms in total. The lowest BCUT2D eigenvalue weighted by Gasteiger charge is -2.26. The number of benzene rings is 4. The molecule has 1 aromatic heterocycles. The second-order valence-corrected chi connectivity index (χ2v) is 12.4. The van der Waals surface area contributed by atoms with Gasteiger partial charge in [0.15, 0.2) is 5.13 Å². The van der Waals surface area contributed by atoms with Crippen LogP contribution in [0.4, 0.5) is 5.13 Å². The summed E-state index contributed by atoms with van der Waals surface area (Å²) >= 11 is 1.40. The van der Waals surface area contributed by atoms with E-state index < -0.39 is 10.0 Å². The molecule has 0 bridgehead atoms. The molecule has 0 saturated heterocycles. The van der Waals surface area contributed by atoms with Gasteiger partial charge in [-0.05, 0) is 49.2 Å². The van der Waals surface area contributed by atoms with Crippen molar-refractivity contribution < 1.29 is 13.2 Å². The Balaban J connectivity index is 1.38. The van der Waals surface area contributed by atoms with Crippen LogP contribution >= 0.6 is 11.3 Å². The van der Waals surface area contributed by atoms with Gasteiger partial charge in [-0.15, -0.1) is 0 Å². The Kier molecular flexibility index (Phi) is 8.21. The number of sulfonamides is 1. The highest BCUT2D eigenvalue weighted by atomic mass is 32.2. The fourth-order valence-corrected chi connectivity index (χ4v) is 6.95. The number of hydrogen-bond acceptors (Lipinski definition) is 5. The number of aromatic nitrogens is 1. The van der Waals surface area contributed by atoms with Crippen LogP contribution in [0.3, 0.4) is 0 Å². The van der Waals surface area contributed by atoms with E-state index in [-0.39, 0.29) is 23.4 Å². The largest absolute Gasteiger partial charge is 0.298 e. The molecule has 0 radical (unpaired) electrons. The van der Waals surface area contributed by atoms with E-state index in [4.69, 9.17) is 4.98 Å². The van der Waals surface area contributed by atoms with Crippen LogP contribution in [0.2, 0.25) is 0 Å². The van der Waals surface area contributed by atoms with Crippen LogP contribution in [-0.4, -0.2) is 29.7 Å². The topological polar surface area (TPSA) is 79.4 Å². The summed E-state index contributed by atoms with van der Waals surface area (Å²) < 4.78 is 28.4. The summed E-state index contributed by atoms with van der Waals surface area (Å²) in [4.78, 5) is 19.0. The second kappa shape index (κ2) is 12.0. The van der Waals surface area contributed by atoms with Crippen molar-refractivity contribution in [2.45, 2.75) is 31.3 Å². The number of amides is 1. The number of rotatable bonds is 9. The molecule has 0 saturated carbocycles. The van der Waals surface area contributed by atoms with Gasteiger partial charge in [0.2, 0.25) is 10.0 Å². The molecular formula is C32H29N3O3S2. The molecule has 0 aliphatic rings. The average molecular weight is 568 g/mol. The zero-order chi connectivity index (χ0) is 28.1. The lowest BCUT2D eigenvalue weighted by Crippen LogP contribution is -2.36. The Labute approximate surface area is 239 Å².